The van der Waals surface area contributed by atoms with E-state index in [0.717, 1.165) is 28.0 Å². The van der Waals surface area contributed by atoms with Gasteiger partial charge in [-0.3, -0.25) is 4.57 Å². The van der Waals surface area contributed by atoms with E-state index < -0.39 is 12.5 Å². The SMILES string of the molecule is COc1ccc(C(C)(c2ccc(O)cc2)P2(=O)Oc3ccccc3-c3ccccc32)cc1. The Labute approximate surface area is 187 Å². The maximum absolute atomic E-state index is 15.2. The molecule has 0 radical (unpaired) electrons. The quantitative estimate of drug-likeness (QED) is 0.376. The van der Waals surface area contributed by atoms with E-state index in [1.54, 1.807) is 19.2 Å². The lowest BCUT2D eigenvalue weighted by Gasteiger charge is -2.41. The maximum Gasteiger partial charge on any atom is 0.292 e. The number of rotatable bonds is 4. The summed E-state index contributed by atoms with van der Waals surface area (Å²) >= 11 is 0. The highest BCUT2D eigenvalue weighted by Crippen LogP contribution is 2.68. The van der Waals surface area contributed by atoms with Crippen molar-refractivity contribution in [2.75, 3.05) is 7.11 Å². The van der Waals surface area contributed by atoms with Crippen LogP contribution in [0.2, 0.25) is 0 Å². The van der Waals surface area contributed by atoms with Gasteiger partial charge in [0.2, 0.25) is 0 Å². The summed E-state index contributed by atoms with van der Waals surface area (Å²) in [6, 6.07) is 29.9. The molecule has 1 aliphatic heterocycles. The third-order valence-corrected chi connectivity index (χ3v) is 9.47. The molecule has 4 aromatic carbocycles. The molecule has 1 N–H and O–H groups in total. The topological polar surface area (TPSA) is 55.8 Å². The van der Waals surface area contributed by atoms with Crippen LogP contribution in [0.1, 0.15) is 18.1 Å². The van der Waals surface area contributed by atoms with Crippen LogP contribution in [0.4, 0.5) is 0 Å². The molecule has 0 spiro atoms. The van der Waals surface area contributed by atoms with E-state index in [4.69, 9.17) is 9.26 Å². The van der Waals surface area contributed by atoms with Crippen LogP contribution in [0, 0.1) is 0 Å². The fourth-order valence-electron chi connectivity index (χ4n) is 4.45. The normalized spacial score (nSPS) is 18.6. The largest absolute Gasteiger partial charge is 0.508 e. The van der Waals surface area contributed by atoms with Crippen LogP contribution in [0.5, 0.6) is 17.2 Å². The molecule has 0 amide bonds. The van der Waals surface area contributed by atoms with Gasteiger partial charge in [0.15, 0.2) is 0 Å². The van der Waals surface area contributed by atoms with Gasteiger partial charge in [-0.15, -0.1) is 0 Å². The zero-order chi connectivity index (χ0) is 22.3. The standard InChI is InChI=1S/C27H23O4P/c1-27(19-11-15-21(28)16-12-19,20-13-17-22(30-2)18-14-20)32(29)26-10-6-4-8-24(26)23-7-3-5-9-25(23)31-32/h3-18,28H,1-2H3. The number of phenolic OH excluding ortho intramolecular Hbond substituents is 1. The van der Waals surface area contributed by atoms with Crippen LogP contribution in [0.3, 0.4) is 0 Å². The van der Waals surface area contributed by atoms with E-state index in [1.807, 2.05) is 91.9 Å². The molecule has 1 heterocycles. The van der Waals surface area contributed by atoms with Crippen LogP contribution in [0.25, 0.3) is 11.1 Å². The van der Waals surface area contributed by atoms with Crippen LogP contribution in [0.15, 0.2) is 97.1 Å². The number of phenols is 1. The lowest BCUT2D eigenvalue weighted by molar-refractivity contribution is 0.414. The van der Waals surface area contributed by atoms with E-state index in [2.05, 4.69) is 0 Å². The van der Waals surface area contributed by atoms with Gasteiger partial charge in [0.1, 0.15) is 22.4 Å². The van der Waals surface area contributed by atoms with E-state index in [1.165, 1.54) is 0 Å². The first-order chi connectivity index (χ1) is 15.5. The Morgan fingerprint density at radius 3 is 2.00 bits per heavy atom. The monoisotopic (exact) mass is 442 g/mol. The van der Waals surface area contributed by atoms with Gasteiger partial charge in [0.25, 0.3) is 7.37 Å². The van der Waals surface area contributed by atoms with Crippen molar-refractivity contribution < 1.29 is 18.9 Å². The smallest absolute Gasteiger partial charge is 0.292 e. The molecule has 5 heteroatoms. The summed E-state index contributed by atoms with van der Waals surface area (Å²) in [5.41, 5.74) is 3.47. The summed E-state index contributed by atoms with van der Waals surface area (Å²) in [5, 5.41) is 9.57. The van der Waals surface area contributed by atoms with Gasteiger partial charge in [-0.25, -0.2) is 0 Å². The van der Waals surface area contributed by atoms with Crippen molar-refractivity contribution in [3.05, 3.63) is 108 Å². The van der Waals surface area contributed by atoms with Crippen molar-refractivity contribution in [2.45, 2.75) is 12.1 Å². The van der Waals surface area contributed by atoms with Gasteiger partial charge < -0.3 is 14.4 Å². The molecule has 32 heavy (non-hydrogen) atoms. The Morgan fingerprint density at radius 2 is 1.34 bits per heavy atom. The van der Waals surface area contributed by atoms with Crippen molar-refractivity contribution >= 4 is 12.7 Å². The minimum Gasteiger partial charge on any atom is -0.508 e. The molecular weight excluding hydrogens is 419 g/mol. The number of hydrogen-bond donors (Lipinski definition) is 1. The molecule has 0 bridgehead atoms. The average molecular weight is 442 g/mol. The summed E-state index contributed by atoms with van der Waals surface area (Å²) in [4.78, 5) is 0. The van der Waals surface area contributed by atoms with Gasteiger partial charge in [-0.2, -0.15) is 0 Å². The van der Waals surface area contributed by atoms with Crippen LogP contribution >= 0.6 is 7.37 Å². The first kappa shape index (κ1) is 20.4. The van der Waals surface area contributed by atoms with E-state index in [0.29, 0.717) is 11.1 Å². The third kappa shape index (κ3) is 2.95. The third-order valence-electron chi connectivity index (χ3n) is 6.30. The van der Waals surface area contributed by atoms with E-state index >= 15 is 4.57 Å². The Hall–Kier alpha value is -3.49. The Kier molecular flexibility index (Phi) is 4.83. The number of hydrogen-bond acceptors (Lipinski definition) is 4. The molecule has 4 aromatic rings. The number of aromatic hydroxyl groups is 1. The maximum atomic E-state index is 15.2. The second-order valence-corrected chi connectivity index (χ2v) is 10.7. The molecule has 5 rings (SSSR count). The minimum atomic E-state index is -3.56. The second kappa shape index (κ2) is 7.58. The fraction of sp³-hybridized carbons (Fsp3) is 0.111. The summed E-state index contributed by atoms with van der Waals surface area (Å²) in [7, 11) is -1.94. The summed E-state index contributed by atoms with van der Waals surface area (Å²) < 4.78 is 27.0. The van der Waals surface area contributed by atoms with Crippen molar-refractivity contribution in [3.63, 3.8) is 0 Å². The number of methoxy groups -OCH3 is 1. The summed E-state index contributed by atoms with van der Waals surface area (Å²) in [6.45, 7) is 1.95. The highest BCUT2D eigenvalue weighted by atomic mass is 31.2. The van der Waals surface area contributed by atoms with Gasteiger partial charge >= 0.3 is 0 Å². The molecule has 1 aliphatic rings. The minimum absolute atomic E-state index is 0.152. The van der Waals surface area contributed by atoms with Gasteiger partial charge in [0, 0.05) is 5.56 Å². The predicted octanol–water partition coefficient (Wildman–Crippen LogP) is 6.33. The molecule has 2 unspecified atom stereocenters. The average Bonchev–Trinajstić information content (AvgIpc) is 2.84. The van der Waals surface area contributed by atoms with Crippen molar-refractivity contribution in [3.8, 4) is 28.4 Å². The van der Waals surface area contributed by atoms with Gasteiger partial charge in [-0.1, -0.05) is 60.7 Å². The van der Waals surface area contributed by atoms with Crippen LogP contribution < -0.4 is 14.6 Å². The molecule has 160 valence electrons. The molecule has 0 saturated heterocycles. The number of fused-ring (bicyclic) bond motifs is 3. The highest BCUT2D eigenvalue weighted by Gasteiger charge is 2.53. The molecular formula is C27H23O4P. The highest BCUT2D eigenvalue weighted by molar-refractivity contribution is 7.69. The summed E-state index contributed by atoms with van der Waals surface area (Å²) in [6.07, 6.45) is 0. The number of para-hydroxylation sites is 1. The molecule has 0 saturated carbocycles. The fourth-order valence-corrected chi connectivity index (χ4v) is 7.43. The van der Waals surface area contributed by atoms with Gasteiger partial charge in [0.05, 0.1) is 12.4 Å². The number of benzene rings is 4. The number of ether oxygens (including phenoxy) is 1. The molecule has 4 nitrogen and oxygen atoms in total. The predicted molar refractivity (Wildman–Crippen MR) is 127 cm³/mol. The second-order valence-electron chi connectivity index (χ2n) is 8.00. The molecule has 0 aliphatic carbocycles. The Balaban J connectivity index is 1.82. The van der Waals surface area contributed by atoms with Crippen LogP contribution in [-0.4, -0.2) is 12.2 Å². The zero-order valence-corrected chi connectivity index (χ0v) is 18.8. The van der Waals surface area contributed by atoms with Gasteiger partial charge in [-0.05, 0) is 60.0 Å². The van der Waals surface area contributed by atoms with Crippen molar-refractivity contribution in [1.82, 2.24) is 0 Å². The Morgan fingerprint density at radius 1 is 0.781 bits per heavy atom. The van der Waals surface area contributed by atoms with Crippen LogP contribution in [-0.2, 0) is 9.72 Å². The first-order valence-corrected chi connectivity index (χ1v) is 12.0. The molecule has 0 fully saturated rings. The lowest BCUT2D eigenvalue weighted by Crippen LogP contribution is -2.34. The molecule has 2 atom stereocenters. The van der Waals surface area contributed by atoms with E-state index in [-0.39, 0.29) is 5.75 Å². The lowest BCUT2D eigenvalue weighted by atomic mass is 9.92. The first-order valence-electron chi connectivity index (χ1n) is 10.4. The Bertz CT molecular complexity index is 1330. The zero-order valence-electron chi connectivity index (χ0n) is 17.9. The van der Waals surface area contributed by atoms with Crippen molar-refractivity contribution in [2.24, 2.45) is 0 Å². The summed E-state index contributed by atoms with van der Waals surface area (Å²) in [5.74, 6) is 1.47. The van der Waals surface area contributed by atoms with Crippen molar-refractivity contribution in [1.29, 1.82) is 0 Å². The van der Waals surface area contributed by atoms with E-state index in [9.17, 15) is 5.11 Å². The molecule has 0 aromatic heterocycles.